The van der Waals surface area contributed by atoms with Gasteiger partial charge in [0, 0.05) is 0 Å². The summed E-state index contributed by atoms with van der Waals surface area (Å²) in [6.45, 7) is 0. The number of rotatable bonds is 2. The van der Waals surface area contributed by atoms with Gasteiger partial charge in [-0.25, -0.2) is 10.1 Å². The topological polar surface area (TPSA) is 36.7 Å². The van der Waals surface area contributed by atoms with Gasteiger partial charge in [0.15, 0.2) is 0 Å². The lowest BCUT2D eigenvalue weighted by molar-refractivity contribution is -1.04. The Kier molecular flexibility index (Phi) is 3.12. The number of nitrogens with one attached hydrogen (secondary N) is 1. The number of quaternary nitrogens is 1. The fraction of sp³-hybridized carbons (Fsp3) is 1.00. The zero-order valence-corrected chi connectivity index (χ0v) is 6.43. The van der Waals surface area contributed by atoms with Crippen LogP contribution < -0.4 is 5.23 Å². The zero-order chi connectivity index (χ0) is 7.40. The molecule has 3 heteroatoms. The van der Waals surface area contributed by atoms with Crippen LogP contribution in [0.1, 0.15) is 32.1 Å². The molecule has 0 radical (unpaired) electrons. The molecule has 0 spiro atoms. The fourth-order valence-corrected chi connectivity index (χ4v) is 1.42. The fourth-order valence-electron chi connectivity index (χ4n) is 1.42. The third-order valence-electron chi connectivity index (χ3n) is 1.88. The van der Waals surface area contributed by atoms with Crippen molar-refractivity contribution in [2.24, 2.45) is 0 Å². The van der Waals surface area contributed by atoms with E-state index in [2.05, 4.69) is 0 Å². The summed E-state index contributed by atoms with van der Waals surface area (Å²) < 4.78 is 0. The molecule has 1 aliphatic carbocycles. The molecule has 60 valence electrons. The van der Waals surface area contributed by atoms with Crippen molar-refractivity contribution < 1.29 is 10.1 Å². The Morgan fingerprint density at radius 2 is 1.90 bits per heavy atom. The highest BCUT2D eigenvalue weighted by molar-refractivity contribution is 4.62. The van der Waals surface area contributed by atoms with Crippen molar-refractivity contribution in [1.29, 1.82) is 0 Å². The van der Waals surface area contributed by atoms with Gasteiger partial charge in [-0.1, -0.05) is 19.3 Å². The van der Waals surface area contributed by atoms with Crippen LogP contribution >= 0.6 is 0 Å². The van der Waals surface area contributed by atoms with Gasteiger partial charge in [0.2, 0.25) is 0 Å². The van der Waals surface area contributed by atoms with E-state index < -0.39 is 0 Å². The van der Waals surface area contributed by atoms with Gasteiger partial charge >= 0.3 is 0 Å². The monoisotopic (exact) mass is 145 g/mol. The van der Waals surface area contributed by atoms with Crippen LogP contribution in [0.4, 0.5) is 0 Å². The number of hydroxylamine groups is 2. The highest BCUT2D eigenvalue weighted by Crippen LogP contribution is 2.18. The van der Waals surface area contributed by atoms with Gasteiger partial charge < -0.3 is 5.21 Å². The summed E-state index contributed by atoms with van der Waals surface area (Å²) in [5.74, 6) is 0. The van der Waals surface area contributed by atoms with Crippen LogP contribution in [-0.4, -0.2) is 13.2 Å². The maximum Gasteiger partial charge on any atom is 0.117 e. The van der Waals surface area contributed by atoms with E-state index in [4.69, 9.17) is 4.84 Å². The Morgan fingerprint density at radius 3 is 2.40 bits per heavy atom. The van der Waals surface area contributed by atoms with E-state index in [1.807, 2.05) is 0 Å². The molecular weight excluding hydrogens is 130 g/mol. The summed E-state index contributed by atoms with van der Waals surface area (Å²) in [7, 11) is 1.48. The van der Waals surface area contributed by atoms with Gasteiger partial charge in [0.1, 0.15) is 6.10 Å². The van der Waals surface area contributed by atoms with E-state index in [0.717, 1.165) is 12.8 Å². The van der Waals surface area contributed by atoms with E-state index in [1.54, 1.807) is 0 Å². The normalized spacial score (nSPS) is 24.6. The van der Waals surface area contributed by atoms with Crippen molar-refractivity contribution >= 4 is 0 Å². The SMILES string of the molecule is C[NH+]([O-])OC1CCCCC1. The van der Waals surface area contributed by atoms with Crippen LogP contribution in [0.2, 0.25) is 0 Å². The Hall–Kier alpha value is -0.120. The molecule has 1 atom stereocenters. The minimum Gasteiger partial charge on any atom is -0.600 e. The average molecular weight is 145 g/mol. The van der Waals surface area contributed by atoms with Crippen LogP contribution in [0.25, 0.3) is 0 Å². The molecule has 0 aromatic carbocycles. The first-order valence-corrected chi connectivity index (χ1v) is 3.96. The van der Waals surface area contributed by atoms with E-state index in [9.17, 15) is 5.21 Å². The van der Waals surface area contributed by atoms with Crippen molar-refractivity contribution in [1.82, 2.24) is 0 Å². The molecule has 3 nitrogen and oxygen atoms in total. The Bertz CT molecular complexity index is 89.6. The van der Waals surface area contributed by atoms with Gasteiger partial charge in [0.25, 0.3) is 0 Å². The third kappa shape index (κ3) is 2.64. The van der Waals surface area contributed by atoms with Crippen molar-refractivity contribution in [3.63, 3.8) is 0 Å². The molecule has 1 N–H and O–H groups in total. The number of hydrogen-bond donors (Lipinski definition) is 1. The van der Waals surface area contributed by atoms with Crippen molar-refractivity contribution in [2.45, 2.75) is 38.2 Å². The summed E-state index contributed by atoms with van der Waals surface area (Å²) in [6, 6.07) is 0. The van der Waals surface area contributed by atoms with Crippen molar-refractivity contribution in [3.8, 4) is 0 Å². The van der Waals surface area contributed by atoms with E-state index in [1.165, 1.54) is 26.3 Å². The first-order valence-electron chi connectivity index (χ1n) is 3.96. The third-order valence-corrected chi connectivity index (χ3v) is 1.88. The molecular formula is C7H15NO2. The van der Waals surface area contributed by atoms with Crippen LogP contribution in [0.3, 0.4) is 0 Å². The smallest absolute Gasteiger partial charge is 0.117 e. The molecule has 0 aromatic rings. The van der Waals surface area contributed by atoms with Crippen LogP contribution in [0.15, 0.2) is 0 Å². The molecule has 1 rings (SSSR count). The molecule has 0 saturated heterocycles. The van der Waals surface area contributed by atoms with Crippen LogP contribution in [0.5, 0.6) is 0 Å². The summed E-state index contributed by atoms with van der Waals surface area (Å²) >= 11 is 0. The standard InChI is InChI=1S/C7H15NO2/c1-8(9)10-7-5-3-2-4-6-7/h7-8H,2-6H2,1H3. The second-order valence-electron chi connectivity index (χ2n) is 2.87. The van der Waals surface area contributed by atoms with E-state index in [0.29, 0.717) is 0 Å². The van der Waals surface area contributed by atoms with Gasteiger partial charge in [-0.15, -0.1) is 0 Å². The predicted octanol–water partition coefficient (Wildman–Crippen LogP) is 0.263. The molecule has 10 heavy (non-hydrogen) atoms. The van der Waals surface area contributed by atoms with Gasteiger partial charge in [-0.05, 0) is 12.8 Å². The second kappa shape index (κ2) is 3.91. The van der Waals surface area contributed by atoms with Gasteiger partial charge in [-0.2, -0.15) is 0 Å². The predicted molar refractivity (Wildman–Crippen MR) is 38.2 cm³/mol. The Labute approximate surface area is 61.5 Å². The highest BCUT2D eigenvalue weighted by atomic mass is 16.9. The summed E-state index contributed by atoms with van der Waals surface area (Å²) in [5, 5.41) is 10.4. The summed E-state index contributed by atoms with van der Waals surface area (Å²) in [6.07, 6.45) is 6.11. The second-order valence-corrected chi connectivity index (χ2v) is 2.87. The maximum atomic E-state index is 10.5. The Balaban J connectivity index is 2.13. The van der Waals surface area contributed by atoms with Crippen LogP contribution in [0, 0.1) is 5.21 Å². The quantitative estimate of drug-likeness (QED) is 0.566. The molecule has 0 bridgehead atoms. The molecule has 0 heterocycles. The molecule has 0 aliphatic heterocycles. The average Bonchev–Trinajstić information content (AvgIpc) is 1.88. The molecule has 1 unspecified atom stereocenters. The number of hydrogen-bond acceptors (Lipinski definition) is 2. The lowest BCUT2D eigenvalue weighted by Gasteiger charge is -2.24. The van der Waals surface area contributed by atoms with E-state index in [-0.39, 0.29) is 11.3 Å². The maximum absolute atomic E-state index is 10.5. The van der Waals surface area contributed by atoms with Gasteiger partial charge in [0.05, 0.1) is 7.05 Å². The zero-order valence-electron chi connectivity index (χ0n) is 6.43. The molecule has 1 fully saturated rings. The summed E-state index contributed by atoms with van der Waals surface area (Å²) in [5.41, 5.74) is 0. The largest absolute Gasteiger partial charge is 0.600 e. The molecule has 1 saturated carbocycles. The van der Waals surface area contributed by atoms with E-state index >= 15 is 0 Å². The lowest BCUT2D eigenvalue weighted by atomic mass is 9.98. The van der Waals surface area contributed by atoms with Crippen LogP contribution in [-0.2, 0) is 4.84 Å². The first-order chi connectivity index (χ1) is 4.79. The minimum absolute atomic E-state index is 0.132. The minimum atomic E-state index is -0.132. The summed E-state index contributed by atoms with van der Waals surface area (Å²) in [4.78, 5) is 5.05. The molecule has 1 aliphatic rings. The van der Waals surface area contributed by atoms with Gasteiger partial charge in [-0.3, -0.25) is 0 Å². The first kappa shape index (κ1) is 7.98. The molecule has 0 aromatic heterocycles. The molecule has 0 amide bonds. The highest BCUT2D eigenvalue weighted by Gasteiger charge is 2.15. The Morgan fingerprint density at radius 1 is 1.30 bits per heavy atom. The van der Waals surface area contributed by atoms with Crippen molar-refractivity contribution in [3.05, 3.63) is 5.21 Å². The lowest BCUT2D eigenvalue weighted by Crippen LogP contribution is -3.03. The van der Waals surface area contributed by atoms with Crippen molar-refractivity contribution in [2.75, 3.05) is 7.05 Å².